The van der Waals surface area contributed by atoms with Crippen LogP contribution in [0.15, 0.2) is 0 Å². The van der Waals surface area contributed by atoms with E-state index in [1.165, 1.54) is 32.1 Å². The first-order chi connectivity index (χ1) is 13.5. The lowest BCUT2D eigenvalue weighted by Crippen LogP contribution is -2.58. The van der Waals surface area contributed by atoms with Gasteiger partial charge in [-0.1, -0.05) is 6.92 Å². The fourth-order valence-electron chi connectivity index (χ4n) is 8.55. The lowest BCUT2D eigenvalue weighted by Gasteiger charge is -2.61. The highest BCUT2D eigenvalue weighted by Crippen LogP contribution is 2.69. The van der Waals surface area contributed by atoms with Gasteiger partial charge in [-0.25, -0.2) is 0 Å². The Hall–Kier alpha value is -0.650. The van der Waals surface area contributed by atoms with Crippen LogP contribution in [0.3, 0.4) is 0 Å². The quantitative estimate of drug-likeness (QED) is 0.538. The molecule has 5 aliphatic rings. The molecule has 0 aromatic heterocycles. The van der Waals surface area contributed by atoms with Gasteiger partial charge in [0.2, 0.25) is 0 Å². The molecular weight excluding hydrogens is 356 g/mol. The molecule has 0 radical (unpaired) electrons. The Morgan fingerprint density at radius 2 is 1.86 bits per heavy atom. The number of esters is 1. The molecule has 0 amide bonds. The van der Waals surface area contributed by atoms with Crippen LogP contribution in [0.25, 0.3) is 0 Å². The first-order valence-electron chi connectivity index (χ1n) is 11.3. The second-order valence-electron chi connectivity index (χ2n) is 10.4. The molecule has 5 rings (SSSR count). The Kier molecular flexibility index (Phi) is 4.80. The van der Waals surface area contributed by atoms with Crippen molar-refractivity contribution in [1.82, 2.24) is 0 Å². The first kappa shape index (κ1) is 19.3. The third-order valence-corrected chi connectivity index (χ3v) is 9.82. The van der Waals surface area contributed by atoms with E-state index in [1.54, 1.807) is 7.11 Å². The zero-order valence-corrected chi connectivity index (χ0v) is 17.7. The number of carbonyl (C=O) groups excluding carboxylic acids is 1. The van der Waals surface area contributed by atoms with E-state index in [4.69, 9.17) is 18.9 Å². The van der Waals surface area contributed by atoms with Crippen LogP contribution in [0.1, 0.15) is 58.3 Å². The molecule has 9 atom stereocenters. The number of ether oxygens (including phenoxy) is 4. The molecule has 5 fully saturated rings. The standard InChI is InChI=1S/C23H36O5/c1-22-11-20(26-3)19(28-13-25-2)10-14(22)4-6-16-17(22)8-9-23-15(5-7-18(16)23)12-27-21(23)24/h14-20H,4-13H2,1-3H3/t14-,15+,16+,17-,18-,19-,20-,22-,23-/m0/s1. The third-order valence-electron chi connectivity index (χ3n) is 9.82. The molecule has 0 aromatic rings. The number of fused-ring (bicyclic) bond motifs is 4. The van der Waals surface area contributed by atoms with E-state index in [9.17, 15) is 4.79 Å². The van der Waals surface area contributed by atoms with Crippen LogP contribution in [0.4, 0.5) is 0 Å². The molecule has 1 spiro atoms. The lowest BCUT2D eigenvalue weighted by atomic mass is 9.44. The minimum Gasteiger partial charge on any atom is -0.465 e. The molecule has 1 heterocycles. The van der Waals surface area contributed by atoms with Crippen molar-refractivity contribution in [2.75, 3.05) is 27.6 Å². The zero-order chi connectivity index (χ0) is 19.5. The van der Waals surface area contributed by atoms with Crippen LogP contribution in [0.2, 0.25) is 0 Å². The Morgan fingerprint density at radius 3 is 2.64 bits per heavy atom. The van der Waals surface area contributed by atoms with Crippen molar-refractivity contribution < 1.29 is 23.7 Å². The summed E-state index contributed by atoms with van der Waals surface area (Å²) in [6.45, 7) is 3.54. The summed E-state index contributed by atoms with van der Waals surface area (Å²) in [7, 11) is 3.50. The summed E-state index contributed by atoms with van der Waals surface area (Å²) >= 11 is 0. The Labute approximate surface area is 168 Å². The molecule has 0 N–H and O–H groups in total. The van der Waals surface area contributed by atoms with E-state index in [1.807, 2.05) is 7.11 Å². The van der Waals surface area contributed by atoms with Gasteiger partial charge in [0.15, 0.2) is 0 Å². The predicted octanol–water partition coefficient (Wildman–Crippen LogP) is 3.80. The number of methoxy groups -OCH3 is 2. The van der Waals surface area contributed by atoms with Gasteiger partial charge in [-0.05, 0) is 80.5 Å². The maximum absolute atomic E-state index is 12.8. The summed E-state index contributed by atoms with van der Waals surface area (Å²) in [5, 5.41) is 0. The lowest BCUT2D eigenvalue weighted by molar-refractivity contribution is -0.197. The molecule has 0 unspecified atom stereocenters. The van der Waals surface area contributed by atoms with E-state index in [0.29, 0.717) is 48.4 Å². The highest BCUT2D eigenvalue weighted by atomic mass is 16.7. The van der Waals surface area contributed by atoms with Crippen LogP contribution < -0.4 is 0 Å². The highest BCUT2D eigenvalue weighted by molar-refractivity contribution is 5.80. The minimum atomic E-state index is -0.135. The highest BCUT2D eigenvalue weighted by Gasteiger charge is 2.67. The predicted molar refractivity (Wildman–Crippen MR) is 103 cm³/mol. The molecule has 5 nitrogen and oxygen atoms in total. The molecule has 28 heavy (non-hydrogen) atoms. The fourth-order valence-corrected chi connectivity index (χ4v) is 8.55. The van der Waals surface area contributed by atoms with Crippen LogP contribution >= 0.6 is 0 Å². The van der Waals surface area contributed by atoms with Crippen molar-refractivity contribution >= 4 is 5.97 Å². The first-order valence-corrected chi connectivity index (χ1v) is 11.3. The molecular formula is C23H36O5. The van der Waals surface area contributed by atoms with Gasteiger partial charge in [0.25, 0.3) is 0 Å². The van der Waals surface area contributed by atoms with E-state index in [0.717, 1.165) is 19.3 Å². The second-order valence-corrected chi connectivity index (χ2v) is 10.4. The van der Waals surface area contributed by atoms with Gasteiger partial charge < -0.3 is 18.9 Å². The number of hydrogen-bond acceptors (Lipinski definition) is 5. The van der Waals surface area contributed by atoms with E-state index >= 15 is 0 Å². The topological polar surface area (TPSA) is 54.0 Å². The van der Waals surface area contributed by atoms with E-state index < -0.39 is 0 Å². The Morgan fingerprint density at radius 1 is 1.04 bits per heavy atom. The van der Waals surface area contributed by atoms with Crippen molar-refractivity contribution in [2.24, 2.45) is 40.4 Å². The molecule has 4 aliphatic carbocycles. The molecule has 158 valence electrons. The fraction of sp³-hybridized carbons (Fsp3) is 0.957. The maximum Gasteiger partial charge on any atom is 0.312 e. The van der Waals surface area contributed by atoms with Crippen LogP contribution in [-0.4, -0.2) is 45.8 Å². The van der Waals surface area contributed by atoms with Crippen molar-refractivity contribution in [3.8, 4) is 0 Å². The van der Waals surface area contributed by atoms with Gasteiger partial charge in [-0.15, -0.1) is 0 Å². The summed E-state index contributed by atoms with van der Waals surface area (Å²) in [5.41, 5.74) is 0.155. The van der Waals surface area contributed by atoms with Crippen molar-refractivity contribution in [3.05, 3.63) is 0 Å². The van der Waals surface area contributed by atoms with E-state index in [-0.39, 0.29) is 23.6 Å². The smallest absolute Gasteiger partial charge is 0.312 e. The third kappa shape index (κ3) is 2.51. The van der Waals surface area contributed by atoms with Gasteiger partial charge in [0, 0.05) is 20.1 Å². The summed E-state index contributed by atoms with van der Waals surface area (Å²) in [6, 6.07) is 0. The molecule has 0 bridgehead atoms. The Balaban J connectivity index is 1.40. The van der Waals surface area contributed by atoms with Crippen LogP contribution in [-0.2, 0) is 23.7 Å². The van der Waals surface area contributed by atoms with Gasteiger partial charge in [0.05, 0.1) is 24.2 Å². The average molecular weight is 393 g/mol. The molecule has 1 saturated heterocycles. The molecule has 5 heteroatoms. The second kappa shape index (κ2) is 6.95. The summed E-state index contributed by atoms with van der Waals surface area (Å²) in [5.74, 6) is 3.24. The van der Waals surface area contributed by atoms with Gasteiger partial charge in [0.1, 0.15) is 6.79 Å². The van der Waals surface area contributed by atoms with Gasteiger partial charge in [-0.3, -0.25) is 4.79 Å². The number of cyclic esters (lactones) is 1. The monoisotopic (exact) mass is 392 g/mol. The molecule has 0 aromatic carbocycles. The Bertz CT molecular complexity index is 622. The number of carbonyl (C=O) groups is 1. The average Bonchev–Trinajstić information content (AvgIpc) is 3.22. The summed E-state index contributed by atoms with van der Waals surface area (Å²) in [4.78, 5) is 12.8. The molecule has 1 aliphatic heterocycles. The SMILES string of the molecule is COCO[C@H]1C[C@@H]2CC[C@@H]3[C@H](CC[C@]45C(=O)OC[C@H]4CC[C@@H]35)[C@@]2(C)C[C@@H]1OC. The zero-order valence-electron chi connectivity index (χ0n) is 17.7. The summed E-state index contributed by atoms with van der Waals surface area (Å²) < 4.78 is 22.7. The minimum absolute atomic E-state index is 0.134. The van der Waals surface area contributed by atoms with Crippen molar-refractivity contribution in [2.45, 2.75) is 70.5 Å². The van der Waals surface area contributed by atoms with Crippen molar-refractivity contribution in [3.63, 3.8) is 0 Å². The van der Waals surface area contributed by atoms with Gasteiger partial charge in [-0.2, -0.15) is 0 Å². The van der Waals surface area contributed by atoms with Crippen LogP contribution in [0.5, 0.6) is 0 Å². The van der Waals surface area contributed by atoms with Crippen LogP contribution in [0, 0.1) is 40.4 Å². The summed E-state index contributed by atoms with van der Waals surface area (Å²) in [6.07, 6.45) is 9.58. The van der Waals surface area contributed by atoms with Gasteiger partial charge >= 0.3 is 5.97 Å². The normalized spacial score (nSPS) is 52.4. The number of hydrogen-bond donors (Lipinski definition) is 0. The van der Waals surface area contributed by atoms with E-state index in [2.05, 4.69) is 6.92 Å². The largest absolute Gasteiger partial charge is 0.465 e. The maximum atomic E-state index is 12.8. The molecule has 4 saturated carbocycles. The van der Waals surface area contributed by atoms with Crippen molar-refractivity contribution in [1.29, 1.82) is 0 Å². The number of rotatable bonds is 4.